The summed E-state index contributed by atoms with van der Waals surface area (Å²) in [6, 6.07) is 7.60. The number of benzene rings is 2. The minimum Gasteiger partial charge on any atom is -0.477 e. The van der Waals surface area contributed by atoms with E-state index in [0.717, 1.165) is 25.1 Å². The summed E-state index contributed by atoms with van der Waals surface area (Å²) in [6.45, 7) is 0.432. The summed E-state index contributed by atoms with van der Waals surface area (Å²) in [4.78, 5) is 25.9. The summed E-state index contributed by atoms with van der Waals surface area (Å²) < 4.78 is 29.7. The highest BCUT2D eigenvalue weighted by Crippen LogP contribution is 2.31. The number of carboxylic acid groups (broad SMARTS) is 1. The van der Waals surface area contributed by atoms with Crippen LogP contribution in [-0.2, 0) is 0 Å². The number of aromatic carboxylic acids is 1. The molecule has 2 aromatic carbocycles. The lowest BCUT2D eigenvalue weighted by Gasteiger charge is -2.26. The molecule has 0 saturated carbocycles. The summed E-state index contributed by atoms with van der Waals surface area (Å²) in [7, 11) is 0. The third-order valence-electron chi connectivity index (χ3n) is 5.30. The minimum absolute atomic E-state index is 0.0878. The van der Waals surface area contributed by atoms with E-state index >= 15 is 0 Å². The highest BCUT2D eigenvalue weighted by Gasteiger charge is 2.27. The summed E-state index contributed by atoms with van der Waals surface area (Å²) in [6.07, 6.45) is 2.68. The van der Waals surface area contributed by atoms with Gasteiger partial charge < -0.3 is 19.7 Å². The van der Waals surface area contributed by atoms with E-state index < -0.39 is 28.6 Å². The van der Waals surface area contributed by atoms with Crippen molar-refractivity contribution in [1.82, 2.24) is 4.57 Å². The molecule has 0 radical (unpaired) electrons. The van der Waals surface area contributed by atoms with Gasteiger partial charge in [-0.2, -0.15) is 0 Å². The fourth-order valence-electron chi connectivity index (χ4n) is 3.86. The molecule has 3 aromatic rings. The topological polar surface area (TPSA) is 82.8 Å². The number of aliphatic hydroxyl groups is 1. The Hall–Kier alpha value is -3.26. The highest BCUT2D eigenvalue weighted by atomic mass is 19.1. The molecular formula is C21H18F2N2O4. The Bertz CT molecular complexity index is 1160. The Morgan fingerprint density at radius 3 is 2.55 bits per heavy atom. The average molecular weight is 400 g/mol. The number of hydrogen-bond acceptors (Lipinski definition) is 4. The molecule has 0 spiro atoms. The molecule has 1 aliphatic heterocycles. The van der Waals surface area contributed by atoms with Gasteiger partial charge in [0.15, 0.2) is 0 Å². The first-order chi connectivity index (χ1) is 13.9. The van der Waals surface area contributed by atoms with Crippen LogP contribution in [0, 0.1) is 11.6 Å². The number of hydrogen-bond donors (Lipinski definition) is 2. The Balaban J connectivity index is 2.02. The van der Waals surface area contributed by atoms with Crippen LogP contribution in [0.1, 0.15) is 23.2 Å². The maximum absolute atomic E-state index is 14.9. The Kier molecular flexibility index (Phi) is 4.79. The number of nitrogens with zero attached hydrogens (tertiary/aromatic N) is 2. The Morgan fingerprint density at radius 1 is 1.17 bits per heavy atom. The first-order valence-corrected chi connectivity index (χ1v) is 9.16. The van der Waals surface area contributed by atoms with Gasteiger partial charge in [-0.15, -0.1) is 0 Å². The predicted molar refractivity (Wildman–Crippen MR) is 104 cm³/mol. The standard InChI is InChI=1S/C21H18F2N2O4/c22-12-3-5-13(6-4-12)25-10-16(21(28)29)20(27)15-8-17(23)19(9-18(15)25)24-7-1-2-14(24)11-26/h3-6,8-10,14,26H,1-2,7,11H2,(H,28,29)/t14-/m1/s1. The van der Waals surface area contributed by atoms with E-state index in [1.807, 2.05) is 0 Å². The number of carboxylic acids is 1. The van der Waals surface area contributed by atoms with Crippen molar-refractivity contribution < 1.29 is 23.8 Å². The zero-order chi connectivity index (χ0) is 20.7. The maximum Gasteiger partial charge on any atom is 0.341 e. The van der Waals surface area contributed by atoms with Gasteiger partial charge in [-0.1, -0.05) is 0 Å². The number of aromatic nitrogens is 1. The lowest BCUT2D eigenvalue weighted by atomic mass is 10.1. The largest absolute Gasteiger partial charge is 0.477 e. The van der Waals surface area contributed by atoms with E-state index in [9.17, 15) is 28.6 Å². The molecule has 0 aliphatic carbocycles. The fourth-order valence-corrected chi connectivity index (χ4v) is 3.86. The zero-order valence-electron chi connectivity index (χ0n) is 15.3. The zero-order valence-corrected chi connectivity index (χ0v) is 15.3. The monoisotopic (exact) mass is 400 g/mol. The number of pyridine rings is 1. The second kappa shape index (κ2) is 7.29. The summed E-state index contributed by atoms with van der Waals surface area (Å²) in [5.41, 5.74) is -0.351. The van der Waals surface area contributed by atoms with E-state index in [1.54, 1.807) is 4.90 Å². The molecule has 1 atom stereocenters. The van der Waals surface area contributed by atoms with Crippen LogP contribution < -0.4 is 10.3 Å². The van der Waals surface area contributed by atoms with Gasteiger partial charge in [0.05, 0.1) is 23.9 Å². The summed E-state index contributed by atoms with van der Waals surface area (Å²) in [5, 5.41) is 18.9. The molecule has 1 fully saturated rings. The SMILES string of the molecule is O=C(O)c1cn(-c2ccc(F)cc2)c2cc(N3CCC[C@@H]3CO)c(F)cc2c1=O. The molecule has 4 rings (SSSR count). The van der Waals surface area contributed by atoms with Crippen molar-refractivity contribution in [3.63, 3.8) is 0 Å². The molecule has 2 N–H and O–H groups in total. The van der Waals surface area contributed by atoms with E-state index in [4.69, 9.17) is 0 Å². The first kappa shape index (κ1) is 19.1. The summed E-state index contributed by atoms with van der Waals surface area (Å²) in [5.74, 6) is -2.56. The molecule has 150 valence electrons. The highest BCUT2D eigenvalue weighted by molar-refractivity contribution is 5.94. The molecule has 29 heavy (non-hydrogen) atoms. The number of carbonyl (C=O) groups is 1. The Morgan fingerprint density at radius 2 is 1.90 bits per heavy atom. The lowest BCUT2D eigenvalue weighted by molar-refractivity contribution is 0.0695. The molecule has 0 bridgehead atoms. The molecular weight excluding hydrogens is 382 g/mol. The van der Waals surface area contributed by atoms with Crippen LogP contribution in [0.25, 0.3) is 16.6 Å². The lowest BCUT2D eigenvalue weighted by Crippen LogP contribution is -2.33. The van der Waals surface area contributed by atoms with E-state index in [1.165, 1.54) is 34.9 Å². The van der Waals surface area contributed by atoms with Crippen LogP contribution >= 0.6 is 0 Å². The quantitative estimate of drug-likeness (QED) is 0.704. The van der Waals surface area contributed by atoms with Crippen molar-refractivity contribution in [3.8, 4) is 5.69 Å². The fraction of sp³-hybridized carbons (Fsp3) is 0.238. The molecule has 1 saturated heterocycles. The van der Waals surface area contributed by atoms with Gasteiger partial charge in [-0.05, 0) is 49.2 Å². The van der Waals surface area contributed by atoms with E-state index in [2.05, 4.69) is 0 Å². The maximum atomic E-state index is 14.9. The van der Waals surface area contributed by atoms with Crippen molar-refractivity contribution in [1.29, 1.82) is 0 Å². The third kappa shape index (κ3) is 3.25. The summed E-state index contributed by atoms with van der Waals surface area (Å²) >= 11 is 0. The van der Waals surface area contributed by atoms with Gasteiger partial charge in [0, 0.05) is 23.8 Å². The second-order valence-electron chi connectivity index (χ2n) is 7.02. The van der Waals surface area contributed by atoms with Crippen molar-refractivity contribution in [2.45, 2.75) is 18.9 Å². The Labute approximate surface area is 164 Å². The van der Waals surface area contributed by atoms with Crippen LogP contribution in [0.4, 0.5) is 14.5 Å². The number of fused-ring (bicyclic) bond motifs is 1. The van der Waals surface area contributed by atoms with Gasteiger partial charge in [-0.25, -0.2) is 13.6 Å². The molecule has 6 nitrogen and oxygen atoms in total. The molecule has 0 amide bonds. The van der Waals surface area contributed by atoms with Crippen LogP contribution in [-0.4, -0.2) is 39.9 Å². The number of aliphatic hydroxyl groups excluding tert-OH is 1. The number of halogens is 2. The van der Waals surface area contributed by atoms with Gasteiger partial charge in [0.1, 0.15) is 17.2 Å². The van der Waals surface area contributed by atoms with Crippen LogP contribution in [0.2, 0.25) is 0 Å². The van der Waals surface area contributed by atoms with Crippen molar-refractivity contribution >= 4 is 22.6 Å². The van der Waals surface area contributed by atoms with Crippen LogP contribution in [0.5, 0.6) is 0 Å². The second-order valence-corrected chi connectivity index (χ2v) is 7.02. The molecule has 0 unspecified atom stereocenters. The smallest absolute Gasteiger partial charge is 0.341 e. The first-order valence-electron chi connectivity index (χ1n) is 9.16. The van der Waals surface area contributed by atoms with Crippen molar-refractivity contribution in [2.75, 3.05) is 18.1 Å². The average Bonchev–Trinajstić information content (AvgIpc) is 3.17. The third-order valence-corrected chi connectivity index (χ3v) is 5.30. The molecule has 1 aliphatic rings. The molecule has 8 heteroatoms. The number of anilines is 1. The predicted octanol–water partition coefficient (Wildman–Crippen LogP) is 2.93. The van der Waals surface area contributed by atoms with Gasteiger partial charge in [0.2, 0.25) is 5.43 Å². The van der Waals surface area contributed by atoms with Crippen molar-refractivity contribution in [2.24, 2.45) is 0 Å². The van der Waals surface area contributed by atoms with Gasteiger partial charge in [-0.3, -0.25) is 4.79 Å². The van der Waals surface area contributed by atoms with E-state index in [0.29, 0.717) is 17.7 Å². The van der Waals surface area contributed by atoms with Gasteiger partial charge in [0.25, 0.3) is 0 Å². The van der Waals surface area contributed by atoms with Crippen LogP contribution in [0.3, 0.4) is 0 Å². The molecule has 2 heterocycles. The van der Waals surface area contributed by atoms with Crippen molar-refractivity contribution in [3.05, 3.63) is 70.0 Å². The van der Waals surface area contributed by atoms with E-state index in [-0.39, 0.29) is 23.7 Å². The minimum atomic E-state index is -1.43. The van der Waals surface area contributed by atoms with Crippen LogP contribution in [0.15, 0.2) is 47.4 Å². The number of rotatable bonds is 4. The van der Waals surface area contributed by atoms with Gasteiger partial charge >= 0.3 is 5.97 Å². The molecule has 1 aromatic heterocycles. The normalized spacial score (nSPS) is 16.5.